The summed E-state index contributed by atoms with van der Waals surface area (Å²) >= 11 is 0. The van der Waals surface area contributed by atoms with E-state index in [-0.39, 0.29) is 12.4 Å². The fourth-order valence-corrected chi connectivity index (χ4v) is 5.75. The number of hydrogen-bond donors (Lipinski definition) is 1. The fraction of sp³-hybridized carbons (Fsp3) is 0.750. The van der Waals surface area contributed by atoms with Crippen LogP contribution in [-0.2, 0) is 14.8 Å². The van der Waals surface area contributed by atoms with Crippen molar-refractivity contribution in [1.29, 1.82) is 0 Å². The molecule has 2 aliphatic carbocycles. The lowest BCUT2D eigenvalue weighted by Crippen LogP contribution is -2.45. The Morgan fingerprint density at radius 1 is 1.41 bits per heavy atom. The molecule has 1 unspecified atom stereocenters. The second kappa shape index (κ2) is 6.72. The highest BCUT2D eigenvalue weighted by Gasteiger charge is 2.43. The number of nitrogens with one attached hydrogen (secondary N) is 1. The van der Waals surface area contributed by atoms with Crippen molar-refractivity contribution in [3.8, 4) is 0 Å². The molecule has 0 radical (unpaired) electrons. The Morgan fingerprint density at radius 2 is 2.23 bits per heavy atom. The topological polar surface area (TPSA) is 68.5 Å². The molecule has 2 aliphatic rings. The van der Waals surface area contributed by atoms with E-state index in [2.05, 4.69) is 4.72 Å². The lowest BCUT2D eigenvalue weighted by atomic mass is 9.59. The standard InChI is InChI=1S/C16H25NO4S/c1-20-10-15(16-7-4-8-21-16)17-22(18,19)11-13-9-12-5-2-3-6-14(12)13/h4,7-8,12-15,17H,2-3,5-6,9-11H2,1H3/t12-,13-,14-,15?/m0/s1. The summed E-state index contributed by atoms with van der Waals surface area (Å²) in [5.41, 5.74) is 0. The summed E-state index contributed by atoms with van der Waals surface area (Å²) in [7, 11) is -1.77. The van der Waals surface area contributed by atoms with Crippen LogP contribution in [0.2, 0.25) is 0 Å². The van der Waals surface area contributed by atoms with Gasteiger partial charge in [0.1, 0.15) is 11.8 Å². The van der Waals surface area contributed by atoms with Crippen molar-refractivity contribution in [2.45, 2.75) is 38.1 Å². The number of rotatable bonds is 7. The molecule has 1 heterocycles. The third-order valence-corrected chi connectivity index (χ3v) is 6.66. The average molecular weight is 327 g/mol. The molecule has 0 aliphatic heterocycles. The van der Waals surface area contributed by atoms with Crippen LogP contribution in [0.5, 0.6) is 0 Å². The molecule has 4 atom stereocenters. The largest absolute Gasteiger partial charge is 0.468 e. The van der Waals surface area contributed by atoms with E-state index in [1.54, 1.807) is 25.5 Å². The van der Waals surface area contributed by atoms with Crippen LogP contribution < -0.4 is 4.72 Å². The van der Waals surface area contributed by atoms with E-state index < -0.39 is 16.1 Å². The van der Waals surface area contributed by atoms with E-state index >= 15 is 0 Å². The van der Waals surface area contributed by atoms with Gasteiger partial charge in [-0.05, 0) is 42.7 Å². The zero-order valence-corrected chi connectivity index (χ0v) is 13.8. The molecular formula is C16H25NO4S. The molecule has 3 rings (SSSR count). The summed E-state index contributed by atoms with van der Waals surface area (Å²) < 4.78 is 38.1. The van der Waals surface area contributed by atoms with Crippen LogP contribution in [-0.4, -0.2) is 27.9 Å². The van der Waals surface area contributed by atoms with Crippen molar-refractivity contribution in [2.24, 2.45) is 17.8 Å². The number of fused-ring (bicyclic) bond motifs is 1. The fourth-order valence-electron chi connectivity index (χ4n) is 4.09. The third-order valence-electron chi connectivity index (χ3n) is 5.15. The molecule has 2 fully saturated rings. The number of ether oxygens (including phenoxy) is 1. The summed E-state index contributed by atoms with van der Waals surface area (Å²) in [6.45, 7) is 0.267. The first-order valence-electron chi connectivity index (χ1n) is 8.11. The molecule has 5 nitrogen and oxygen atoms in total. The van der Waals surface area contributed by atoms with E-state index in [0.717, 1.165) is 12.3 Å². The van der Waals surface area contributed by atoms with Gasteiger partial charge in [0, 0.05) is 7.11 Å². The Labute approximate surface area is 132 Å². The minimum Gasteiger partial charge on any atom is -0.468 e. The highest BCUT2D eigenvalue weighted by atomic mass is 32.2. The smallest absolute Gasteiger partial charge is 0.212 e. The first-order valence-corrected chi connectivity index (χ1v) is 9.76. The molecular weight excluding hydrogens is 302 g/mol. The monoisotopic (exact) mass is 327 g/mol. The van der Waals surface area contributed by atoms with Crippen molar-refractivity contribution in [2.75, 3.05) is 19.5 Å². The summed E-state index contributed by atoms with van der Waals surface area (Å²) in [5.74, 6) is 2.54. The van der Waals surface area contributed by atoms with Gasteiger partial charge in [-0.1, -0.05) is 19.3 Å². The molecule has 1 aromatic rings. The Hall–Kier alpha value is -0.850. The maximum atomic E-state index is 12.5. The first-order chi connectivity index (χ1) is 10.6. The van der Waals surface area contributed by atoms with Crippen LogP contribution in [0, 0.1) is 17.8 Å². The van der Waals surface area contributed by atoms with Gasteiger partial charge in [-0.25, -0.2) is 13.1 Å². The van der Waals surface area contributed by atoms with Gasteiger partial charge in [0.15, 0.2) is 0 Å². The van der Waals surface area contributed by atoms with Crippen LogP contribution in [0.4, 0.5) is 0 Å². The van der Waals surface area contributed by atoms with Crippen molar-refractivity contribution in [3.05, 3.63) is 24.2 Å². The molecule has 124 valence electrons. The maximum Gasteiger partial charge on any atom is 0.212 e. The molecule has 0 bridgehead atoms. The van der Waals surface area contributed by atoms with Gasteiger partial charge >= 0.3 is 0 Å². The minimum absolute atomic E-state index is 0.231. The Morgan fingerprint density at radius 3 is 2.91 bits per heavy atom. The van der Waals surface area contributed by atoms with E-state index in [0.29, 0.717) is 17.6 Å². The Balaban J connectivity index is 1.60. The third kappa shape index (κ3) is 3.55. The number of sulfonamides is 1. The number of hydrogen-bond acceptors (Lipinski definition) is 4. The predicted octanol–water partition coefficient (Wildman–Crippen LogP) is 2.71. The predicted molar refractivity (Wildman–Crippen MR) is 83.8 cm³/mol. The Bertz CT molecular complexity index is 569. The van der Waals surface area contributed by atoms with Crippen LogP contribution in [0.15, 0.2) is 22.8 Å². The quantitative estimate of drug-likeness (QED) is 0.836. The minimum atomic E-state index is -3.33. The molecule has 6 heteroatoms. The van der Waals surface area contributed by atoms with E-state index in [4.69, 9.17) is 9.15 Å². The van der Waals surface area contributed by atoms with Gasteiger partial charge in [-0.15, -0.1) is 0 Å². The van der Waals surface area contributed by atoms with Gasteiger partial charge in [-0.2, -0.15) is 0 Å². The summed E-state index contributed by atoms with van der Waals surface area (Å²) in [4.78, 5) is 0. The first kappa shape index (κ1) is 16.0. The van der Waals surface area contributed by atoms with Crippen molar-refractivity contribution in [3.63, 3.8) is 0 Å². The molecule has 22 heavy (non-hydrogen) atoms. The second-order valence-corrected chi connectivity index (χ2v) is 8.43. The highest BCUT2D eigenvalue weighted by molar-refractivity contribution is 7.89. The normalized spacial score (nSPS) is 29.6. The molecule has 2 saturated carbocycles. The molecule has 0 aromatic carbocycles. The number of furan rings is 1. The van der Waals surface area contributed by atoms with Gasteiger partial charge in [0.05, 0.1) is 18.6 Å². The van der Waals surface area contributed by atoms with Gasteiger partial charge in [-0.3, -0.25) is 0 Å². The van der Waals surface area contributed by atoms with E-state index in [1.807, 2.05) is 0 Å². The SMILES string of the molecule is COCC(NS(=O)(=O)C[C@@H]1C[C@@H]2CCCC[C@@H]21)c1ccco1. The van der Waals surface area contributed by atoms with Crippen molar-refractivity contribution >= 4 is 10.0 Å². The maximum absolute atomic E-state index is 12.5. The molecule has 0 saturated heterocycles. The molecule has 0 spiro atoms. The second-order valence-electron chi connectivity index (χ2n) is 6.63. The molecule has 1 N–H and O–H groups in total. The zero-order chi connectivity index (χ0) is 15.6. The van der Waals surface area contributed by atoms with Crippen LogP contribution in [0.25, 0.3) is 0 Å². The van der Waals surface area contributed by atoms with Gasteiger partial charge in [0.2, 0.25) is 10.0 Å². The van der Waals surface area contributed by atoms with Crippen LogP contribution in [0.3, 0.4) is 0 Å². The Kier molecular flexibility index (Phi) is 4.90. The zero-order valence-electron chi connectivity index (χ0n) is 13.0. The van der Waals surface area contributed by atoms with Crippen molar-refractivity contribution < 1.29 is 17.6 Å². The summed E-state index contributed by atoms with van der Waals surface area (Å²) in [5, 5.41) is 0. The highest BCUT2D eigenvalue weighted by Crippen LogP contribution is 2.49. The van der Waals surface area contributed by atoms with E-state index in [1.165, 1.54) is 25.7 Å². The van der Waals surface area contributed by atoms with Gasteiger partial charge < -0.3 is 9.15 Å². The van der Waals surface area contributed by atoms with E-state index in [9.17, 15) is 8.42 Å². The lowest BCUT2D eigenvalue weighted by Gasteiger charge is -2.48. The number of methoxy groups -OCH3 is 1. The molecule has 0 amide bonds. The van der Waals surface area contributed by atoms with Crippen molar-refractivity contribution in [1.82, 2.24) is 4.72 Å². The summed E-state index contributed by atoms with van der Waals surface area (Å²) in [6, 6.07) is 3.07. The summed E-state index contributed by atoms with van der Waals surface area (Å²) in [6.07, 6.45) is 7.67. The molecule has 1 aromatic heterocycles. The average Bonchev–Trinajstić information content (AvgIpc) is 2.98. The lowest BCUT2D eigenvalue weighted by molar-refractivity contribution is 0.0438. The van der Waals surface area contributed by atoms with Crippen LogP contribution in [0.1, 0.15) is 43.9 Å². The van der Waals surface area contributed by atoms with Gasteiger partial charge in [0.25, 0.3) is 0 Å². The van der Waals surface area contributed by atoms with Crippen LogP contribution >= 0.6 is 0 Å².